The molecule has 0 saturated carbocycles. The molecular formula is C11H9BrCl2N2O2S2. The topological polar surface area (TPSA) is 72.2 Å². The van der Waals surface area contributed by atoms with Crippen molar-refractivity contribution >= 4 is 66.2 Å². The van der Waals surface area contributed by atoms with Crippen molar-refractivity contribution in [1.29, 1.82) is 0 Å². The van der Waals surface area contributed by atoms with Crippen LogP contribution in [0.25, 0.3) is 0 Å². The highest BCUT2D eigenvalue weighted by Gasteiger charge is 2.21. The standard InChI is InChI=1S/C11H9BrCl2N2O2S2/c12-6-3-4-19-8(6)5-16-20(17,18)9-2-1-7(13)11(15)10(9)14/h1-4,16H,5,15H2. The number of thiophene rings is 1. The molecule has 20 heavy (non-hydrogen) atoms. The zero-order chi connectivity index (χ0) is 14.9. The molecule has 0 aliphatic carbocycles. The van der Waals surface area contributed by atoms with Gasteiger partial charge in [0, 0.05) is 15.9 Å². The highest BCUT2D eigenvalue weighted by Crippen LogP contribution is 2.33. The van der Waals surface area contributed by atoms with Crippen molar-refractivity contribution in [3.8, 4) is 0 Å². The summed E-state index contributed by atoms with van der Waals surface area (Å²) in [5.41, 5.74) is 5.68. The van der Waals surface area contributed by atoms with Crippen LogP contribution in [0.5, 0.6) is 0 Å². The molecule has 0 bridgehead atoms. The molecule has 0 aliphatic heterocycles. The normalized spacial score (nSPS) is 11.8. The lowest BCUT2D eigenvalue weighted by atomic mass is 10.3. The van der Waals surface area contributed by atoms with Crippen molar-refractivity contribution in [2.24, 2.45) is 0 Å². The van der Waals surface area contributed by atoms with Crippen LogP contribution in [0.3, 0.4) is 0 Å². The van der Waals surface area contributed by atoms with Crippen molar-refractivity contribution in [3.63, 3.8) is 0 Å². The summed E-state index contributed by atoms with van der Waals surface area (Å²) >= 11 is 16.5. The molecular weight excluding hydrogens is 407 g/mol. The van der Waals surface area contributed by atoms with E-state index in [0.717, 1.165) is 9.35 Å². The molecule has 2 aromatic rings. The Morgan fingerprint density at radius 3 is 2.60 bits per heavy atom. The monoisotopic (exact) mass is 414 g/mol. The molecule has 108 valence electrons. The van der Waals surface area contributed by atoms with Crippen LogP contribution in [0.2, 0.25) is 10.0 Å². The fourth-order valence-corrected chi connectivity index (χ4v) is 4.73. The van der Waals surface area contributed by atoms with Gasteiger partial charge in [0.15, 0.2) is 0 Å². The third-order valence-electron chi connectivity index (χ3n) is 2.49. The molecule has 1 aromatic carbocycles. The number of halogens is 3. The third kappa shape index (κ3) is 3.29. The molecule has 1 heterocycles. The predicted molar refractivity (Wildman–Crippen MR) is 86.9 cm³/mol. The van der Waals surface area contributed by atoms with Crippen molar-refractivity contribution in [3.05, 3.63) is 43.0 Å². The van der Waals surface area contributed by atoms with E-state index < -0.39 is 10.0 Å². The SMILES string of the molecule is Nc1c(Cl)ccc(S(=O)(=O)NCc2sccc2Br)c1Cl. The van der Waals surface area contributed by atoms with Crippen LogP contribution >= 0.6 is 50.5 Å². The molecule has 0 amide bonds. The molecule has 4 nitrogen and oxygen atoms in total. The fraction of sp³-hybridized carbons (Fsp3) is 0.0909. The number of sulfonamides is 1. The van der Waals surface area contributed by atoms with Crippen LogP contribution in [0, 0.1) is 0 Å². The summed E-state index contributed by atoms with van der Waals surface area (Å²) in [6.45, 7) is 0.166. The number of hydrogen-bond donors (Lipinski definition) is 2. The van der Waals surface area contributed by atoms with Crippen molar-refractivity contribution in [2.45, 2.75) is 11.4 Å². The molecule has 0 radical (unpaired) electrons. The van der Waals surface area contributed by atoms with Crippen LogP contribution in [0.1, 0.15) is 4.88 Å². The van der Waals surface area contributed by atoms with Gasteiger partial charge in [0.25, 0.3) is 0 Å². The second kappa shape index (κ2) is 6.21. The summed E-state index contributed by atoms with van der Waals surface area (Å²) in [6, 6.07) is 4.58. The van der Waals surface area contributed by atoms with Crippen LogP contribution < -0.4 is 10.5 Å². The molecule has 0 unspecified atom stereocenters. The van der Waals surface area contributed by atoms with E-state index in [-0.39, 0.29) is 27.2 Å². The molecule has 2 rings (SSSR count). The molecule has 9 heteroatoms. The minimum absolute atomic E-state index is 0.0495. The van der Waals surface area contributed by atoms with E-state index in [4.69, 9.17) is 28.9 Å². The van der Waals surface area contributed by atoms with Crippen LogP contribution in [-0.4, -0.2) is 8.42 Å². The van der Waals surface area contributed by atoms with Crippen molar-refractivity contribution < 1.29 is 8.42 Å². The van der Waals surface area contributed by atoms with Crippen molar-refractivity contribution in [2.75, 3.05) is 5.73 Å². The zero-order valence-electron chi connectivity index (χ0n) is 9.86. The van der Waals surface area contributed by atoms with E-state index >= 15 is 0 Å². The number of nitrogen functional groups attached to an aromatic ring is 1. The van der Waals surface area contributed by atoms with Gasteiger partial charge in [-0.25, -0.2) is 13.1 Å². The molecule has 0 atom stereocenters. The Hall–Kier alpha value is -0.310. The van der Waals surface area contributed by atoms with E-state index in [0.29, 0.717) is 0 Å². The fourth-order valence-electron chi connectivity index (χ4n) is 1.45. The Morgan fingerprint density at radius 1 is 1.30 bits per heavy atom. The molecule has 3 N–H and O–H groups in total. The minimum Gasteiger partial charge on any atom is -0.396 e. The Labute approximate surface area is 139 Å². The largest absolute Gasteiger partial charge is 0.396 e. The van der Waals surface area contributed by atoms with Gasteiger partial charge < -0.3 is 5.73 Å². The number of anilines is 1. The summed E-state index contributed by atoms with van der Waals surface area (Å²) in [7, 11) is -3.76. The average Bonchev–Trinajstić information content (AvgIpc) is 2.79. The summed E-state index contributed by atoms with van der Waals surface area (Å²) in [5.74, 6) is 0. The summed E-state index contributed by atoms with van der Waals surface area (Å²) in [5, 5.41) is 2.01. The third-order valence-corrected chi connectivity index (χ3v) is 6.71. The molecule has 0 fully saturated rings. The maximum atomic E-state index is 12.2. The van der Waals surface area contributed by atoms with Gasteiger partial charge in [-0.2, -0.15) is 0 Å². The maximum Gasteiger partial charge on any atom is 0.242 e. The second-order valence-corrected chi connectivity index (χ2v) is 8.16. The molecule has 1 aromatic heterocycles. The highest BCUT2D eigenvalue weighted by atomic mass is 79.9. The van der Waals surface area contributed by atoms with E-state index in [9.17, 15) is 8.42 Å². The first-order chi connectivity index (χ1) is 9.33. The van der Waals surface area contributed by atoms with Gasteiger partial charge in [-0.15, -0.1) is 11.3 Å². The lowest BCUT2D eigenvalue weighted by Gasteiger charge is -2.10. The van der Waals surface area contributed by atoms with E-state index in [2.05, 4.69) is 20.7 Å². The van der Waals surface area contributed by atoms with Gasteiger partial charge in [0.1, 0.15) is 4.90 Å². The van der Waals surface area contributed by atoms with Crippen LogP contribution in [0.4, 0.5) is 5.69 Å². The Bertz CT molecular complexity index is 747. The summed E-state index contributed by atoms with van der Waals surface area (Å²) in [4.78, 5) is 0.778. The Balaban J connectivity index is 2.27. The number of nitrogens with two attached hydrogens (primary N) is 1. The van der Waals surface area contributed by atoms with Gasteiger partial charge in [0.2, 0.25) is 10.0 Å². The molecule has 0 spiro atoms. The highest BCUT2D eigenvalue weighted by molar-refractivity contribution is 9.10. The maximum absolute atomic E-state index is 12.2. The molecule has 0 saturated heterocycles. The van der Waals surface area contributed by atoms with Crippen molar-refractivity contribution in [1.82, 2.24) is 4.72 Å². The first-order valence-corrected chi connectivity index (χ1v) is 9.19. The van der Waals surface area contributed by atoms with Crippen LogP contribution in [0.15, 0.2) is 32.9 Å². The summed E-state index contributed by atoms with van der Waals surface area (Å²) < 4.78 is 27.8. The van der Waals surface area contributed by atoms with Gasteiger partial charge in [0.05, 0.1) is 15.7 Å². The lowest BCUT2D eigenvalue weighted by Crippen LogP contribution is -2.23. The average molecular weight is 416 g/mol. The first-order valence-electron chi connectivity index (χ1n) is 5.28. The van der Waals surface area contributed by atoms with Gasteiger partial charge in [-0.1, -0.05) is 23.2 Å². The van der Waals surface area contributed by atoms with E-state index in [1.54, 1.807) is 0 Å². The summed E-state index contributed by atoms with van der Waals surface area (Å²) in [6.07, 6.45) is 0. The molecule has 0 aliphatic rings. The van der Waals surface area contributed by atoms with Crippen LogP contribution in [-0.2, 0) is 16.6 Å². The van der Waals surface area contributed by atoms with Gasteiger partial charge >= 0.3 is 0 Å². The Kier molecular flexibility index (Phi) is 4.99. The number of rotatable bonds is 4. The predicted octanol–water partition coefficient (Wildman–Crippen LogP) is 3.88. The van der Waals surface area contributed by atoms with Gasteiger partial charge in [-0.05, 0) is 39.5 Å². The lowest BCUT2D eigenvalue weighted by molar-refractivity contribution is 0.582. The second-order valence-electron chi connectivity index (χ2n) is 3.79. The number of hydrogen-bond acceptors (Lipinski definition) is 4. The zero-order valence-corrected chi connectivity index (χ0v) is 14.6. The van der Waals surface area contributed by atoms with Gasteiger partial charge in [-0.3, -0.25) is 0 Å². The minimum atomic E-state index is -3.76. The van der Waals surface area contributed by atoms with E-state index in [1.807, 2.05) is 11.4 Å². The smallest absolute Gasteiger partial charge is 0.242 e. The first kappa shape index (κ1) is 16.1. The Morgan fingerprint density at radius 2 is 2.00 bits per heavy atom. The quantitative estimate of drug-likeness (QED) is 0.744. The number of nitrogens with one attached hydrogen (secondary N) is 1. The number of benzene rings is 1. The van der Waals surface area contributed by atoms with E-state index in [1.165, 1.54) is 23.5 Å².